The Balaban J connectivity index is 0.989. The van der Waals surface area contributed by atoms with Crippen LogP contribution in [0, 0.1) is 0 Å². The van der Waals surface area contributed by atoms with E-state index in [1.807, 2.05) is 34.0 Å². The van der Waals surface area contributed by atoms with Crippen molar-refractivity contribution in [3.05, 3.63) is 231 Å². The average Bonchev–Trinajstić information content (AvgIpc) is 4.25. The molecule has 0 unspecified atom stereocenters. The van der Waals surface area contributed by atoms with Crippen LogP contribution in [0.2, 0.25) is 0 Å². The Morgan fingerprint density at radius 2 is 0.563 bits per heavy atom. The number of hydrogen-bond donors (Lipinski definition) is 0. The quantitative estimate of drug-likeness (QED) is 0.163. The van der Waals surface area contributed by atoms with Crippen LogP contribution in [-0.4, -0.2) is 9.13 Å². The molecule has 330 valence electrons. The molecule has 0 spiro atoms. The number of fused-ring (bicyclic) bond motifs is 15. The zero-order chi connectivity index (χ0) is 46.3. The molecule has 0 bridgehead atoms. The largest absolute Gasteiger partial charge is 0.308 e. The van der Waals surface area contributed by atoms with Gasteiger partial charge in [0.25, 0.3) is 0 Å². The highest BCUT2D eigenvalue weighted by molar-refractivity contribution is 7.27. The fourth-order valence-corrected chi connectivity index (χ4v) is 15.6. The maximum absolute atomic E-state index is 2.52. The van der Waals surface area contributed by atoms with Crippen molar-refractivity contribution in [1.29, 1.82) is 0 Å². The van der Waals surface area contributed by atoms with Crippen molar-refractivity contribution in [3.8, 4) is 44.8 Å². The number of hydrogen-bond acceptors (Lipinski definition) is 3. The van der Waals surface area contributed by atoms with Crippen LogP contribution in [0.1, 0.15) is 0 Å². The summed E-state index contributed by atoms with van der Waals surface area (Å²) in [6, 6.07) is 86.2. The molecule has 0 saturated carbocycles. The molecule has 0 N–H and O–H groups in total. The summed E-state index contributed by atoms with van der Waals surface area (Å²) in [7, 11) is 0. The van der Waals surface area contributed by atoms with Crippen LogP contribution in [0.5, 0.6) is 0 Å². The minimum atomic E-state index is 1.19. The van der Waals surface area contributed by atoms with Gasteiger partial charge in [0.1, 0.15) is 0 Å². The molecule has 5 aromatic heterocycles. The second-order valence-electron chi connectivity index (χ2n) is 18.7. The van der Waals surface area contributed by atoms with Gasteiger partial charge in [0.2, 0.25) is 0 Å². The predicted octanol–water partition coefficient (Wildman–Crippen LogP) is 20.0. The third kappa shape index (κ3) is 5.68. The molecule has 0 aliphatic heterocycles. The molecule has 0 amide bonds. The first-order chi connectivity index (χ1) is 35.2. The molecule has 2 nitrogen and oxygen atoms in total. The number of aromatic nitrogens is 2. The normalized spacial score (nSPS) is 12.2. The first kappa shape index (κ1) is 39.5. The van der Waals surface area contributed by atoms with Crippen LogP contribution in [0.4, 0.5) is 0 Å². The Morgan fingerprint density at radius 1 is 0.239 bits per heavy atom. The Morgan fingerprint density at radius 3 is 1.04 bits per heavy atom. The fraction of sp³-hybridized carbons (Fsp3) is 0. The van der Waals surface area contributed by atoms with Crippen LogP contribution < -0.4 is 0 Å². The first-order valence-corrected chi connectivity index (χ1v) is 26.6. The van der Waals surface area contributed by atoms with Gasteiger partial charge in [0.15, 0.2) is 0 Å². The van der Waals surface area contributed by atoms with Gasteiger partial charge in [-0.15, -0.1) is 34.0 Å². The topological polar surface area (TPSA) is 9.86 Å². The third-order valence-corrected chi connectivity index (χ3v) is 18.6. The molecule has 16 aromatic rings. The molecule has 0 aliphatic carbocycles. The van der Waals surface area contributed by atoms with Crippen LogP contribution in [0.3, 0.4) is 0 Å². The van der Waals surface area contributed by atoms with Gasteiger partial charge in [-0.1, -0.05) is 158 Å². The SMILES string of the molecule is c1ccc2c(c1)sc1c(-c3cc(-c4cccc5c4c4ccccc4n5-c4cccc5c4sc4ccccc45)cc(-c4cccc5c4c4ccccc4n5-c4cccc5c4sc4ccccc45)c3)cccc12. The van der Waals surface area contributed by atoms with Crippen molar-refractivity contribution >= 4 is 138 Å². The Hall–Kier alpha value is -8.32. The summed E-state index contributed by atoms with van der Waals surface area (Å²) in [4.78, 5) is 0. The van der Waals surface area contributed by atoms with Crippen molar-refractivity contribution in [3.63, 3.8) is 0 Å². The van der Waals surface area contributed by atoms with Gasteiger partial charge in [-0.2, -0.15) is 0 Å². The highest BCUT2D eigenvalue weighted by Gasteiger charge is 2.23. The molecular formula is C66H38N2S3. The van der Waals surface area contributed by atoms with Crippen LogP contribution >= 0.6 is 34.0 Å². The van der Waals surface area contributed by atoms with E-state index in [0.717, 1.165) is 0 Å². The van der Waals surface area contributed by atoms with Gasteiger partial charge in [-0.3, -0.25) is 0 Å². The molecule has 0 fully saturated rings. The number of nitrogens with zero attached hydrogens (tertiary/aromatic N) is 2. The minimum absolute atomic E-state index is 1.19. The number of thiophene rings is 3. The molecule has 5 heterocycles. The molecule has 0 atom stereocenters. The lowest BCUT2D eigenvalue weighted by Crippen LogP contribution is -1.94. The maximum Gasteiger partial charge on any atom is 0.0640 e. The predicted molar refractivity (Wildman–Crippen MR) is 310 cm³/mol. The van der Waals surface area contributed by atoms with E-state index in [9.17, 15) is 0 Å². The Kier molecular flexibility index (Phi) is 8.40. The Labute approximate surface area is 419 Å². The number of para-hydroxylation sites is 2. The summed E-state index contributed by atoms with van der Waals surface area (Å²) in [5, 5.41) is 12.8. The summed E-state index contributed by atoms with van der Waals surface area (Å²) < 4.78 is 12.9. The Bertz CT molecular complexity index is 4650. The molecule has 5 heteroatoms. The van der Waals surface area contributed by atoms with Gasteiger partial charge in [-0.05, 0) is 106 Å². The highest BCUT2D eigenvalue weighted by Crippen LogP contribution is 2.48. The zero-order valence-electron chi connectivity index (χ0n) is 38.1. The smallest absolute Gasteiger partial charge is 0.0640 e. The molecule has 0 aliphatic rings. The minimum Gasteiger partial charge on any atom is -0.308 e. The lowest BCUT2D eigenvalue weighted by atomic mass is 9.90. The van der Waals surface area contributed by atoms with Gasteiger partial charge < -0.3 is 9.13 Å². The standard InChI is InChI=1S/C66H38N2S3/c1-6-27-53-51(19-1)62-42(21-12-29-55(62)67(53)57-31-14-25-49-46-17-4-9-34-60(46)70-65(49)57)39-36-40(38-41(37-39)44-23-11-24-48-45-16-3-8-33-59(45)69-64(44)48)43-22-13-30-56-63(43)52-20-2-7-28-54(52)68(56)58-32-15-26-50-47-18-5-10-35-61(47)71-66(50)58/h1-38H. The fourth-order valence-electron chi connectivity index (χ4n) is 11.9. The lowest BCUT2D eigenvalue weighted by Gasteiger charge is -2.15. The van der Waals surface area contributed by atoms with Gasteiger partial charge in [-0.25, -0.2) is 0 Å². The van der Waals surface area contributed by atoms with Crippen molar-refractivity contribution in [2.75, 3.05) is 0 Å². The zero-order valence-corrected chi connectivity index (χ0v) is 40.5. The summed E-state index contributed by atoms with van der Waals surface area (Å²) >= 11 is 5.67. The summed E-state index contributed by atoms with van der Waals surface area (Å²) in [6.45, 7) is 0. The van der Waals surface area contributed by atoms with E-state index in [2.05, 4.69) is 240 Å². The second kappa shape index (κ2) is 15.1. The van der Waals surface area contributed by atoms with Gasteiger partial charge in [0, 0.05) is 72.7 Å². The van der Waals surface area contributed by atoms with Crippen LogP contribution in [0.25, 0.3) is 149 Å². The molecule has 0 saturated heterocycles. The van der Waals surface area contributed by atoms with E-state index in [1.54, 1.807) is 0 Å². The molecule has 0 radical (unpaired) electrons. The van der Waals surface area contributed by atoms with Crippen LogP contribution in [0.15, 0.2) is 231 Å². The third-order valence-electron chi connectivity index (χ3n) is 14.9. The van der Waals surface area contributed by atoms with E-state index >= 15 is 0 Å². The lowest BCUT2D eigenvalue weighted by molar-refractivity contribution is 1.20. The summed E-state index contributed by atoms with van der Waals surface area (Å²) in [5.41, 5.74) is 14.5. The second-order valence-corrected chi connectivity index (χ2v) is 21.8. The monoisotopic (exact) mass is 954 g/mol. The van der Waals surface area contributed by atoms with E-state index in [1.165, 1.54) is 149 Å². The summed E-state index contributed by atoms with van der Waals surface area (Å²) in [6.07, 6.45) is 0. The average molecular weight is 955 g/mol. The molecule has 11 aromatic carbocycles. The molecule has 16 rings (SSSR count). The van der Waals surface area contributed by atoms with Crippen molar-refractivity contribution in [1.82, 2.24) is 9.13 Å². The van der Waals surface area contributed by atoms with Crippen LogP contribution in [-0.2, 0) is 0 Å². The van der Waals surface area contributed by atoms with Crippen molar-refractivity contribution in [2.45, 2.75) is 0 Å². The molecular weight excluding hydrogens is 917 g/mol. The summed E-state index contributed by atoms with van der Waals surface area (Å²) in [5.74, 6) is 0. The van der Waals surface area contributed by atoms with Gasteiger partial charge in [0.05, 0.1) is 42.8 Å². The van der Waals surface area contributed by atoms with Crippen molar-refractivity contribution < 1.29 is 0 Å². The van der Waals surface area contributed by atoms with Gasteiger partial charge >= 0.3 is 0 Å². The van der Waals surface area contributed by atoms with Crippen molar-refractivity contribution in [2.24, 2.45) is 0 Å². The highest BCUT2D eigenvalue weighted by atomic mass is 32.1. The van der Waals surface area contributed by atoms with E-state index in [-0.39, 0.29) is 0 Å². The van der Waals surface area contributed by atoms with E-state index < -0.39 is 0 Å². The molecule has 71 heavy (non-hydrogen) atoms. The number of benzene rings is 11. The number of rotatable bonds is 5. The first-order valence-electron chi connectivity index (χ1n) is 24.2. The maximum atomic E-state index is 2.52. The van der Waals surface area contributed by atoms with E-state index in [0.29, 0.717) is 0 Å². The van der Waals surface area contributed by atoms with E-state index in [4.69, 9.17) is 0 Å².